The summed E-state index contributed by atoms with van der Waals surface area (Å²) in [4.78, 5) is 7.23. The second-order valence-electron chi connectivity index (χ2n) is 9.52. The molecule has 0 aliphatic carbocycles. The van der Waals surface area contributed by atoms with E-state index in [2.05, 4.69) is 48.1 Å². The number of hydrogen-bond donors (Lipinski definition) is 2. The number of H-pyrrole nitrogens is 2. The summed E-state index contributed by atoms with van der Waals surface area (Å²) in [7, 11) is 0. The van der Waals surface area contributed by atoms with Crippen LogP contribution < -0.4 is 0 Å². The van der Waals surface area contributed by atoms with Crippen LogP contribution >= 0.6 is 23.5 Å². The molecule has 0 fully saturated rings. The molecule has 0 unspecified atom stereocenters. The molecule has 2 aromatic rings. The van der Waals surface area contributed by atoms with Crippen molar-refractivity contribution in [1.82, 2.24) is 9.97 Å². The number of thioether (sulfide) groups is 2. The third kappa shape index (κ3) is 14.3. The van der Waals surface area contributed by atoms with Gasteiger partial charge >= 0.3 is 0 Å². The molecule has 0 aromatic carbocycles. The minimum Gasteiger partial charge on any atom is -0.353 e. The Morgan fingerprint density at radius 1 is 0.485 bits per heavy atom. The zero-order chi connectivity index (χ0) is 23.4. The second kappa shape index (κ2) is 19.6. The molecule has 2 N–H and O–H groups in total. The van der Waals surface area contributed by atoms with Crippen LogP contribution in [-0.4, -0.2) is 21.5 Å². The lowest BCUT2D eigenvalue weighted by atomic mass is 10.1. The van der Waals surface area contributed by atoms with Crippen molar-refractivity contribution in [3.8, 4) is 0 Å². The highest BCUT2D eigenvalue weighted by Crippen LogP contribution is 2.23. The van der Waals surface area contributed by atoms with Crippen LogP contribution in [0.2, 0.25) is 0 Å². The molecule has 0 saturated heterocycles. The summed E-state index contributed by atoms with van der Waals surface area (Å²) in [5, 5.41) is 2.65. The van der Waals surface area contributed by atoms with Crippen molar-refractivity contribution in [3.63, 3.8) is 0 Å². The standard InChI is InChI=1S/C29H50N2S2/c1-3-5-7-9-11-13-15-17-23-32-28-21-19-26(30-28)25-27-20-22-29(31-27)33-24-18-16-14-12-10-8-6-4-2/h19-22,30-31H,3-18,23-25H2,1-2H3. The molecular weight excluding hydrogens is 440 g/mol. The molecule has 2 nitrogen and oxygen atoms in total. The number of rotatable bonds is 22. The first-order chi connectivity index (χ1) is 16.3. The molecule has 2 heterocycles. The van der Waals surface area contributed by atoms with Crippen LogP contribution in [-0.2, 0) is 6.42 Å². The first-order valence-electron chi connectivity index (χ1n) is 13.9. The normalized spacial score (nSPS) is 11.5. The molecule has 2 aromatic heterocycles. The lowest BCUT2D eigenvalue weighted by Crippen LogP contribution is -1.89. The summed E-state index contributed by atoms with van der Waals surface area (Å²) in [5.74, 6) is 2.47. The lowest BCUT2D eigenvalue weighted by Gasteiger charge is -2.02. The fourth-order valence-corrected chi connectivity index (χ4v) is 6.12. The summed E-state index contributed by atoms with van der Waals surface area (Å²) in [5.41, 5.74) is 2.63. The minimum atomic E-state index is 0.969. The number of aromatic nitrogens is 2. The predicted octanol–water partition coefficient (Wildman–Crippen LogP) is 10.4. The molecule has 0 radical (unpaired) electrons. The third-order valence-electron chi connectivity index (χ3n) is 6.33. The molecule has 2 rings (SSSR count). The van der Waals surface area contributed by atoms with Gasteiger partial charge in [0.1, 0.15) is 0 Å². The predicted molar refractivity (Wildman–Crippen MR) is 151 cm³/mol. The Morgan fingerprint density at radius 3 is 1.24 bits per heavy atom. The Hall–Kier alpha value is -0.740. The minimum absolute atomic E-state index is 0.969. The summed E-state index contributed by atoms with van der Waals surface area (Å²) >= 11 is 3.96. The quantitative estimate of drug-likeness (QED) is 0.127. The van der Waals surface area contributed by atoms with E-state index in [0.717, 1.165) is 6.42 Å². The SMILES string of the molecule is CCCCCCCCCCSc1ccc(Cc2ccc(SCCCCCCCCCC)[nH]2)[nH]1. The molecule has 188 valence electrons. The molecule has 0 spiro atoms. The fourth-order valence-electron chi connectivity index (χ4n) is 4.25. The van der Waals surface area contributed by atoms with E-state index in [1.807, 2.05) is 23.5 Å². The van der Waals surface area contributed by atoms with Gasteiger partial charge in [-0.25, -0.2) is 0 Å². The van der Waals surface area contributed by atoms with E-state index in [1.165, 1.54) is 136 Å². The third-order valence-corrected chi connectivity index (χ3v) is 8.42. The maximum absolute atomic E-state index is 3.62. The van der Waals surface area contributed by atoms with Gasteiger partial charge in [-0.05, 0) is 48.6 Å². The van der Waals surface area contributed by atoms with Crippen molar-refractivity contribution >= 4 is 23.5 Å². The molecule has 0 bridgehead atoms. The van der Waals surface area contributed by atoms with Crippen LogP contribution in [0.1, 0.15) is 128 Å². The van der Waals surface area contributed by atoms with Gasteiger partial charge in [0.25, 0.3) is 0 Å². The van der Waals surface area contributed by atoms with Gasteiger partial charge in [0.05, 0.1) is 10.1 Å². The van der Waals surface area contributed by atoms with Gasteiger partial charge < -0.3 is 9.97 Å². The van der Waals surface area contributed by atoms with Gasteiger partial charge in [0.15, 0.2) is 0 Å². The summed E-state index contributed by atoms with van der Waals surface area (Å²) in [6.07, 6.45) is 23.3. The molecule has 0 atom stereocenters. The molecular formula is C29H50N2S2. The average Bonchev–Trinajstić information content (AvgIpc) is 3.46. The Bertz CT molecular complexity index is 633. The average molecular weight is 491 g/mol. The van der Waals surface area contributed by atoms with Gasteiger partial charge in [-0.2, -0.15) is 0 Å². The van der Waals surface area contributed by atoms with E-state index < -0.39 is 0 Å². The van der Waals surface area contributed by atoms with Gasteiger partial charge in [-0.3, -0.25) is 0 Å². The first-order valence-corrected chi connectivity index (χ1v) is 15.9. The van der Waals surface area contributed by atoms with Crippen LogP contribution in [0.5, 0.6) is 0 Å². The molecule has 4 heteroatoms. The zero-order valence-electron chi connectivity index (χ0n) is 21.6. The largest absolute Gasteiger partial charge is 0.353 e. The summed E-state index contributed by atoms with van der Waals surface area (Å²) < 4.78 is 0. The maximum Gasteiger partial charge on any atom is 0.0723 e. The van der Waals surface area contributed by atoms with Crippen LogP contribution in [0.15, 0.2) is 34.3 Å². The van der Waals surface area contributed by atoms with Crippen molar-refractivity contribution in [3.05, 3.63) is 35.7 Å². The number of hydrogen-bond acceptors (Lipinski definition) is 2. The second-order valence-corrected chi connectivity index (χ2v) is 11.8. The van der Waals surface area contributed by atoms with Gasteiger partial charge in [0.2, 0.25) is 0 Å². The van der Waals surface area contributed by atoms with E-state index >= 15 is 0 Å². The summed E-state index contributed by atoms with van der Waals surface area (Å²) in [6, 6.07) is 9.02. The Balaban J connectivity index is 1.51. The van der Waals surface area contributed by atoms with E-state index in [1.54, 1.807) is 0 Å². The smallest absolute Gasteiger partial charge is 0.0723 e. The molecule has 0 aliphatic heterocycles. The Morgan fingerprint density at radius 2 is 0.848 bits per heavy atom. The van der Waals surface area contributed by atoms with E-state index in [-0.39, 0.29) is 0 Å². The Kier molecular flexibility index (Phi) is 16.9. The van der Waals surface area contributed by atoms with Crippen LogP contribution in [0.25, 0.3) is 0 Å². The van der Waals surface area contributed by atoms with Crippen molar-refractivity contribution in [1.29, 1.82) is 0 Å². The maximum atomic E-state index is 3.62. The first kappa shape index (κ1) is 28.5. The van der Waals surface area contributed by atoms with E-state index in [9.17, 15) is 0 Å². The van der Waals surface area contributed by atoms with Gasteiger partial charge in [-0.1, -0.05) is 104 Å². The van der Waals surface area contributed by atoms with Crippen molar-refractivity contribution in [2.45, 2.75) is 133 Å². The molecule has 33 heavy (non-hydrogen) atoms. The van der Waals surface area contributed by atoms with Gasteiger partial charge in [-0.15, -0.1) is 23.5 Å². The zero-order valence-corrected chi connectivity index (χ0v) is 23.2. The van der Waals surface area contributed by atoms with Gasteiger partial charge in [0, 0.05) is 17.8 Å². The number of unbranched alkanes of at least 4 members (excludes halogenated alkanes) is 14. The monoisotopic (exact) mass is 490 g/mol. The van der Waals surface area contributed by atoms with Crippen LogP contribution in [0, 0.1) is 0 Å². The number of nitrogens with one attached hydrogen (secondary N) is 2. The van der Waals surface area contributed by atoms with Crippen LogP contribution in [0.4, 0.5) is 0 Å². The Labute approximate surface area is 213 Å². The van der Waals surface area contributed by atoms with Crippen molar-refractivity contribution in [2.24, 2.45) is 0 Å². The molecule has 0 saturated carbocycles. The number of aromatic amines is 2. The van der Waals surface area contributed by atoms with E-state index in [4.69, 9.17) is 0 Å². The highest BCUT2D eigenvalue weighted by atomic mass is 32.2. The molecule has 0 aliphatic rings. The summed E-state index contributed by atoms with van der Waals surface area (Å²) in [6.45, 7) is 4.58. The lowest BCUT2D eigenvalue weighted by molar-refractivity contribution is 0.586. The molecule has 0 amide bonds. The highest BCUT2D eigenvalue weighted by molar-refractivity contribution is 7.99. The topological polar surface area (TPSA) is 31.6 Å². The van der Waals surface area contributed by atoms with Crippen molar-refractivity contribution < 1.29 is 0 Å². The van der Waals surface area contributed by atoms with E-state index in [0.29, 0.717) is 0 Å². The van der Waals surface area contributed by atoms with Crippen molar-refractivity contribution in [2.75, 3.05) is 11.5 Å². The van der Waals surface area contributed by atoms with Crippen LogP contribution in [0.3, 0.4) is 0 Å². The fraction of sp³-hybridized carbons (Fsp3) is 0.724. The highest BCUT2D eigenvalue weighted by Gasteiger charge is 2.04.